The van der Waals surface area contributed by atoms with Gasteiger partial charge in [-0.05, 0) is 13.8 Å². The molecule has 0 bridgehead atoms. The van der Waals surface area contributed by atoms with Gasteiger partial charge in [0.25, 0.3) is 0 Å². The van der Waals surface area contributed by atoms with Crippen molar-refractivity contribution in [2.24, 2.45) is 0 Å². The van der Waals surface area contributed by atoms with Crippen molar-refractivity contribution >= 4 is 16.3 Å². The van der Waals surface area contributed by atoms with E-state index >= 15 is 0 Å². The number of aromatic nitrogens is 2. The molecule has 0 aliphatic rings. The van der Waals surface area contributed by atoms with E-state index in [9.17, 15) is 17.6 Å². The molecule has 3 nitrogen and oxygen atoms in total. The highest BCUT2D eigenvalue weighted by Gasteiger charge is 2.40. The minimum Gasteiger partial charge on any atom is -0.305 e. The largest absolute Gasteiger partial charge is 0.319 e. The Morgan fingerprint density at radius 1 is 1.42 bits per heavy atom. The first kappa shape index (κ1) is 14.3. The molecule has 0 aliphatic carbocycles. The predicted molar refractivity (Wildman–Crippen MR) is 65.2 cm³/mol. The minimum absolute atomic E-state index is 0.0763. The molecule has 2 aromatic heterocycles. The minimum atomic E-state index is -4.01. The van der Waals surface area contributed by atoms with E-state index in [1.165, 1.54) is 11.3 Å². The van der Waals surface area contributed by atoms with Crippen molar-refractivity contribution in [3.05, 3.63) is 22.5 Å². The van der Waals surface area contributed by atoms with Crippen molar-refractivity contribution in [2.45, 2.75) is 32.7 Å². The molecule has 0 aliphatic heterocycles. The van der Waals surface area contributed by atoms with Gasteiger partial charge in [-0.25, -0.2) is 13.8 Å². The van der Waals surface area contributed by atoms with Crippen LogP contribution in [0.2, 0.25) is 0 Å². The number of aryl methyl sites for hydroxylation is 2. The van der Waals surface area contributed by atoms with Gasteiger partial charge in [0.1, 0.15) is 0 Å². The molecular weight excluding hydrogens is 282 g/mol. The van der Waals surface area contributed by atoms with Crippen LogP contribution >= 0.6 is 11.3 Å². The molecule has 19 heavy (non-hydrogen) atoms. The first-order chi connectivity index (χ1) is 8.83. The molecule has 2 heterocycles. The molecule has 0 saturated heterocycles. The van der Waals surface area contributed by atoms with Crippen LogP contribution in [-0.2, 0) is 6.54 Å². The second kappa shape index (κ2) is 5.09. The molecule has 1 N–H and O–H groups in total. The second-order valence-electron chi connectivity index (χ2n) is 4.30. The normalized spacial score (nSPS) is 12.8. The van der Waals surface area contributed by atoms with Crippen molar-refractivity contribution in [1.29, 1.82) is 0 Å². The van der Waals surface area contributed by atoms with Crippen LogP contribution in [0.3, 0.4) is 0 Å². The zero-order chi connectivity index (χ0) is 14.2. The molecule has 106 valence electrons. The summed E-state index contributed by atoms with van der Waals surface area (Å²) in [6.07, 6.45) is -3.66. The maximum atomic E-state index is 12.8. The lowest BCUT2D eigenvalue weighted by Gasteiger charge is -2.15. The van der Waals surface area contributed by atoms with Gasteiger partial charge in [-0.1, -0.05) is 0 Å². The Morgan fingerprint density at radius 3 is 2.74 bits per heavy atom. The maximum absolute atomic E-state index is 12.8. The molecule has 8 heteroatoms. The second-order valence-corrected chi connectivity index (χ2v) is 5.14. The van der Waals surface area contributed by atoms with Gasteiger partial charge in [0.05, 0.1) is 17.9 Å². The first-order valence-electron chi connectivity index (χ1n) is 5.61. The van der Waals surface area contributed by atoms with Crippen molar-refractivity contribution in [3.63, 3.8) is 0 Å². The Bertz CT molecular complexity index is 576. The van der Waals surface area contributed by atoms with Crippen LogP contribution in [0.5, 0.6) is 0 Å². The van der Waals surface area contributed by atoms with Crippen LogP contribution in [0.25, 0.3) is 4.96 Å². The summed E-state index contributed by atoms with van der Waals surface area (Å²) in [5.41, 5.74) is 2.37. The molecule has 2 aromatic rings. The summed E-state index contributed by atoms with van der Waals surface area (Å²) in [5, 5.41) is 4.28. The quantitative estimate of drug-likeness (QED) is 0.859. The monoisotopic (exact) mass is 295 g/mol. The van der Waals surface area contributed by atoms with Gasteiger partial charge in [-0.2, -0.15) is 8.78 Å². The average Bonchev–Trinajstić information content (AvgIpc) is 2.80. The zero-order valence-electron chi connectivity index (χ0n) is 10.4. The van der Waals surface area contributed by atoms with Gasteiger partial charge in [0.2, 0.25) is 0 Å². The Kier molecular flexibility index (Phi) is 3.82. The van der Waals surface area contributed by atoms with E-state index in [4.69, 9.17) is 0 Å². The lowest BCUT2D eigenvalue weighted by atomic mass is 10.3. The molecule has 0 radical (unpaired) electrons. The van der Waals surface area contributed by atoms with E-state index < -0.39 is 18.9 Å². The van der Waals surface area contributed by atoms with Crippen molar-refractivity contribution in [2.75, 3.05) is 6.54 Å². The predicted octanol–water partition coefficient (Wildman–Crippen LogP) is 3.00. The van der Waals surface area contributed by atoms with Crippen LogP contribution in [0, 0.1) is 13.8 Å². The van der Waals surface area contributed by atoms with Crippen molar-refractivity contribution < 1.29 is 17.6 Å². The lowest BCUT2D eigenvalue weighted by Crippen LogP contribution is -2.38. The van der Waals surface area contributed by atoms with E-state index in [2.05, 4.69) is 10.3 Å². The van der Waals surface area contributed by atoms with Crippen LogP contribution in [0.4, 0.5) is 17.6 Å². The van der Waals surface area contributed by atoms with E-state index in [0.717, 1.165) is 16.3 Å². The summed E-state index contributed by atoms with van der Waals surface area (Å²) in [6.45, 7) is 2.66. The highest BCUT2D eigenvalue weighted by Crippen LogP contribution is 2.23. The number of thiazole rings is 1. The molecule has 2 rings (SSSR count). The fourth-order valence-electron chi connectivity index (χ4n) is 1.80. The molecular formula is C11H13F4N3S. The number of alkyl halides is 4. The van der Waals surface area contributed by atoms with Gasteiger partial charge >= 0.3 is 12.3 Å². The van der Waals surface area contributed by atoms with E-state index in [1.54, 1.807) is 6.92 Å². The smallest absolute Gasteiger partial charge is 0.305 e. The number of nitrogens with zero attached hydrogens (tertiary/aromatic N) is 2. The van der Waals surface area contributed by atoms with E-state index in [-0.39, 0.29) is 6.54 Å². The Morgan fingerprint density at radius 2 is 2.11 bits per heavy atom. The maximum Gasteiger partial charge on any atom is 0.319 e. The molecule has 0 aromatic carbocycles. The topological polar surface area (TPSA) is 29.3 Å². The standard InChI is InChI=1S/C11H13F4N3S/c1-6-4-19-10-17-7(2)8(18(6)10)3-16-5-11(14,15)9(12)13/h4,9,16H,3,5H2,1-2H3. The molecule has 0 amide bonds. The fourth-order valence-corrected chi connectivity index (χ4v) is 2.73. The van der Waals surface area contributed by atoms with Gasteiger partial charge < -0.3 is 5.32 Å². The molecule has 0 spiro atoms. The SMILES string of the molecule is Cc1nc2scc(C)n2c1CNCC(F)(F)C(F)F. The van der Waals surface area contributed by atoms with Gasteiger partial charge in [0.15, 0.2) is 4.96 Å². The number of hydrogen-bond donors (Lipinski definition) is 1. The van der Waals surface area contributed by atoms with Crippen LogP contribution in [0.1, 0.15) is 17.1 Å². The van der Waals surface area contributed by atoms with E-state index in [1.807, 2.05) is 16.7 Å². The number of halogens is 4. The highest BCUT2D eigenvalue weighted by atomic mass is 32.1. The number of imidazole rings is 1. The Balaban J connectivity index is 2.10. The number of nitrogens with one attached hydrogen (secondary N) is 1. The fraction of sp³-hybridized carbons (Fsp3) is 0.545. The summed E-state index contributed by atoms with van der Waals surface area (Å²) in [5.74, 6) is -4.01. The summed E-state index contributed by atoms with van der Waals surface area (Å²) in [4.78, 5) is 5.06. The Labute approximate surface area is 111 Å². The first-order valence-corrected chi connectivity index (χ1v) is 6.49. The lowest BCUT2D eigenvalue weighted by molar-refractivity contribution is -0.125. The Hall–Kier alpha value is -1.15. The molecule has 0 fully saturated rings. The molecule has 0 atom stereocenters. The summed E-state index contributed by atoms with van der Waals surface area (Å²) in [6, 6.07) is 0. The zero-order valence-corrected chi connectivity index (χ0v) is 11.2. The third-order valence-electron chi connectivity index (χ3n) is 2.80. The summed E-state index contributed by atoms with van der Waals surface area (Å²) in [7, 11) is 0. The highest BCUT2D eigenvalue weighted by molar-refractivity contribution is 7.15. The number of rotatable bonds is 5. The third-order valence-corrected chi connectivity index (χ3v) is 3.75. The van der Waals surface area contributed by atoms with Gasteiger partial charge in [0, 0.05) is 17.6 Å². The summed E-state index contributed by atoms with van der Waals surface area (Å²) < 4.78 is 51.4. The van der Waals surface area contributed by atoms with Crippen LogP contribution in [-0.4, -0.2) is 28.3 Å². The average molecular weight is 295 g/mol. The van der Waals surface area contributed by atoms with Crippen LogP contribution < -0.4 is 5.32 Å². The van der Waals surface area contributed by atoms with Crippen molar-refractivity contribution in [1.82, 2.24) is 14.7 Å². The van der Waals surface area contributed by atoms with Crippen LogP contribution in [0.15, 0.2) is 5.38 Å². The summed E-state index contributed by atoms with van der Waals surface area (Å²) >= 11 is 1.45. The molecule has 0 unspecified atom stereocenters. The van der Waals surface area contributed by atoms with Gasteiger partial charge in [-0.15, -0.1) is 11.3 Å². The number of hydrogen-bond acceptors (Lipinski definition) is 3. The third kappa shape index (κ3) is 2.74. The van der Waals surface area contributed by atoms with E-state index in [0.29, 0.717) is 5.69 Å². The number of fused-ring (bicyclic) bond motifs is 1. The van der Waals surface area contributed by atoms with Crippen molar-refractivity contribution in [3.8, 4) is 0 Å². The molecule has 0 saturated carbocycles. The van der Waals surface area contributed by atoms with Gasteiger partial charge in [-0.3, -0.25) is 4.40 Å².